The van der Waals surface area contributed by atoms with Gasteiger partial charge in [0.25, 0.3) is 0 Å². The van der Waals surface area contributed by atoms with E-state index in [0.717, 1.165) is 43.6 Å². The average Bonchev–Trinajstić information content (AvgIpc) is 3.91. The van der Waals surface area contributed by atoms with Gasteiger partial charge in [-0.2, -0.15) is 10.5 Å². The van der Waals surface area contributed by atoms with E-state index in [4.69, 9.17) is 0 Å². The molecule has 0 atom stereocenters. The van der Waals surface area contributed by atoms with Crippen molar-refractivity contribution < 1.29 is 0 Å². The number of rotatable bonds is 2. The highest BCUT2D eigenvalue weighted by Crippen LogP contribution is 2.46. The number of benzene rings is 7. The summed E-state index contributed by atoms with van der Waals surface area (Å²) in [7, 11) is 0. The fourth-order valence-electron chi connectivity index (χ4n) is 8.13. The molecule has 0 aliphatic carbocycles. The van der Waals surface area contributed by atoms with Crippen molar-refractivity contribution in [2.24, 2.45) is 0 Å². The van der Waals surface area contributed by atoms with Crippen molar-refractivity contribution in [1.29, 1.82) is 10.5 Å². The Labute approximate surface area is 293 Å². The van der Waals surface area contributed by atoms with Gasteiger partial charge in [0, 0.05) is 61.9 Å². The van der Waals surface area contributed by atoms with E-state index < -0.39 is 0 Å². The Morgan fingerprint density at radius 1 is 0.420 bits per heavy atom. The third kappa shape index (κ3) is 3.51. The Kier molecular flexibility index (Phi) is 5.52. The smallest absolute Gasteiger partial charge is 0.104 e. The van der Waals surface area contributed by atoms with Gasteiger partial charge in [-0.3, -0.25) is 0 Å². The molecule has 0 saturated carbocycles. The Balaban J connectivity index is 1.28. The number of hydrogen-bond acceptors (Lipinski definition) is 4. The zero-order valence-electron chi connectivity index (χ0n) is 26.3. The maximum atomic E-state index is 11.1. The third-order valence-corrected chi connectivity index (χ3v) is 12.6. The van der Waals surface area contributed by atoms with Gasteiger partial charge in [-0.15, -0.1) is 22.7 Å². The summed E-state index contributed by atoms with van der Waals surface area (Å²) in [5, 5.41) is 31.1. The minimum Gasteiger partial charge on any atom is -0.308 e. The maximum absolute atomic E-state index is 11.1. The zero-order valence-corrected chi connectivity index (χ0v) is 27.9. The predicted octanol–water partition coefficient (Wildman–Crippen LogP) is 12.4. The first-order chi connectivity index (χ1) is 24.7. The summed E-state index contributed by atoms with van der Waals surface area (Å²) >= 11 is 3.61. The number of thiophene rings is 2. The Morgan fingerprint density at radius 2 is 0.860 bits per heavy atom. The van der Waals surface area contributed by atoms with Crippen LogP contribution in [0.1, 0.15) is 11.1 Å². The lowest BCUT2D eigenvalue weighted by atomic mass is 10.1. The van der Waals surface area contributed by atoms with Gasteiger partial charge in [0.2, 0.25) is 0 Å². The number of fused-ring (bicyclic) bond motifs is 14. The molecule has 0 spiro atoms. The molecule has 4 nitrogen and oxygen atoms in total. The van der Waals surface area contributed by atoms with Crippen LogP contribution < -0.4 is 0 Å². The second-order valence-corrected chi connectivity index (χ2v) is 14.8. The summed E-state index contributed by atoms with van der Waals surface area (Å²) in [5.41, 5.74) is 6.43. The van der Waals surface area contributed by atoms with Crippen molar-refractivity contribution in [3.8, 4) is 23.5 Å². The molecule has 0 aliphatic rings. The van der Waals surface area contributed by atoms with Crippen molar-refractivity contribution in [2.45, 2.75) is 0 Å². The fourth-order valence-corrected chi connectivity index (χ4v) is 10.7. The molecule has 7 aromatic carbocycles. The third-order valence-electron chi connectivity index (χ3n) is 10.2. The molecule has 0 saturated heterocycles. The van der Waals surface area contributed by atoms with Crippen molar-refractivity contribution >= 4 is 107 Å². The molecule has 0 radical (unpaired) electrons. The van der Waals surface area contributed by atoms with Crippen LogP contribution in [0.4, 0.5) is 0 Å². The summed E-state index contributed by atoms with van der Waals surface area (Å²) in [6.07, 6.45) is 0. The van der Waals surface area contributed by atoms with Crippen LogP contribution in [0.2, 0.25) is 0 Å². The minimum absolute atomic E-state index is 0.497. The van der Waals surface area contributed by atoms with Crippen LogP contribution in [0, 0.1) is 22.7 Å². The molecule has 50 heavy (non-hydrogen) atoms. The predicted molar refractivity (Wildman–Crippen MR) is 210 cm³/mol. The standard InChI is InChI=1S/C44H22N4S2/c45-23-25-21-37(47-33-13-5-1-11-30(33)41-35(47)19-17-28-26-9-3-7-15-39(26)49-43(28)41)32(24-46)38(22-25)48-34-14-6-2-12-31(34)42-36(48)20-18-29-27-10-4-8-16-40(27)50-44(29)42/h1-22H. The van der Waals surface area contributed by atoms with E-state index in [9.17, 15) is 10.5 Å². The molecule has 0 N–H and O–H groups in total. The van der Waals surface area contributed by atoms with Crippen LogP contribution in [-0.2, 0) is 0 Å². The second kappa shape index (κ2) is 10.0. The number of para-hydroxylation sites is 2. The van der Waals surface area contributed by atoms with Crippen LogP contribution in [0.3, 0.4) is 0 Å². The van der Waals surface area contributed by atoms with Crippen LogP contribution in [0.5, 0.6) is 0 Å². The molecular weight excluding hydrogens is 649 g/mol. The van der Waals surface area contributed by atoms with Gasteiger partial charge in [0.15, 0.2) is 0 Å². The van der Waals surface area contributed by atoms with Gasteiger partial charge in [-0.1, -0.05) is 84.9 Å². The van der Waals surface area contributed by atoms with Crippen LogP contribution in [-0.4, -0.2) is 9.13 Å². The van der Waals surface area contributed by atoms with Crippen molar-refractivity contribution in [3.05, 3.63) is 145 Å². The number of nitriles is 2. The minimum atomic E-state index is 0.497. The summed E-state index contributed by atoms with van der Waals surface area (Å²) < 4.78 is 9.33. The number of hydrogen-bond donors (Lipinski definition) is 0. The number of aromatic nitrogens is 2. The molecule has 0 amide bonds. The molecule has 11 rings (SSSR count). The van der Waals surface area contributed by atoms with E-state index in [-0.39, 0.29) is 0 Å². The van der Waals surface area contributed by atoms with E-state index in [0.29, 0.717) is 22.5 Å². The average molecular weight is 671 g/mol. The van der Waals surface area contributed by atoms with E-state index >= 15 is 0 Å². The molecule has 11 aromatic rings. The monoisotopic (exact) mass is 670 g/mol. The van der Waals surface area contributed by atoms with Crippen molar-refractivity contribution in [2.75, 3.05) is 0 Å². The van der Waals surface area contributed by atoms with Crippen molar-refractivity contribution in [3.63, 3.8) is 0 Å². The highest BCUT2D eigenvalue weighted by Gasteiger charge is 2.24. The molecule has 6 heteroatoms. The quantitative estimate of drug-likeness (QED) is 0.184. The Bertz CT molecular complexity index is 3150. The highest BCUT2D eigenvalue weighted by molar-refractivity contribution is 7.27. The molecular formula is C44H22N4S2. The molecule has 0 fully saturated rings. The highest BCUT2D eigenvalue weighted by atomic mass is 32.1. The van der Waals surface area contributed by atoms with Gasteiger partial charge < -0.3 is 9.13 Å². The maximum Gasteiger partial charge on any atom is 0.104 e. The van der Waals surface area contributed by atoms with Crippen LogP contribution >= 0.6 is 22.7 Å². The summed E-state index contributed by atoms with van der Waals surface area (Å²) in [4.78, 5) is 0. The second-order valence-electron chi connectivity index (χ2n) is 12.7. The van der Waals surface area contributed by atoms with Gasteiger partial charge >= 0.3 is 0 Å². The topological polar surface area (TPSA) is 57.4 Å². The Morgan fingerprint density at radius 3 is 1.32 bits per heavy atom. The van der Waals surface area contributed by atoms with E-state index in [1.807, 2.05) is 24.3 Å². The molecule has 230 valence electrons. The summed E-state index contributed by atoms with van der Waals surface area (Å²) in [6.45, 7) is 0. The molecule has 0 aliphatic heterocycles. The molecule has 4 aromatic heterocycles. The first-order valence-corrected chi connectivity index (χ1v) is 18.0. The largest absolute Gasteiger partial charge is 0.308 e. The van der Waals surface area contributed by atoms with Crippen LogP contribution in [0.15, 0.2) is 133 Å². The van der Waals surface area contributed by atoms with Crippen molar-refractivity contribution in [1.82, 2.24) is 9.13 Å². The molecule has 0 unspecified atom stereocenters. The Hall–Kier alpha value is -6.44. The molecule has 4 heterocycles. The lowest BCUT2D eigenvalue weighted by molar-refractivity contribution is 1.11. The summed E-state index contributed by atoms with van der Waals surface area (Å²) in [6, 6.07) is 51.5. The number of nitrogens with zero attached hydrogens (tertiary/aromatic N) is 4. The first kappa shape index (κ1) is 27.5. The van der Waals surface area contributed by atoms with E-state index in [1.54, 1.807) is 22.7 Å². The van der Waals surface area contributed by atoms with Crippen LogP contribution in [0.25, 0.3) is 95.3 Å². The lowest BCUT2D eigenvalue weighted by Crippen LogP contribution is -2.05. The lowest BCUT2D eigenvalue weighted by Gasteiger charge is -2.16. The van der Waals surface area contributed by atoms with Gasteiger partial charge in [-0.05, 0) is 48.5 Å². The normalized spacial score (nSPS) is 12.0. The van der Waals surface area contributed by atoms with Gasteiger partial charge in [0.05, 0.1) is 45.1 Å². The van der Waals surface area contributed by atoms with E-state index in [2.05, 4.69) is 130 Å². The van der Waals surface area contributed by atoms with Gasteiger partial charge in [-0.25, -0.2) is 0 Å². The SMILES string of the molecule is N#Cc1cc(-n2c3ccccc3c3c4sc5ccccc5c4ccc32)c(C#N)c(-n2c3ccccc3c3c4sc5ccccc5c4ccc32)c1. The molecule has 0 bridgehead atoms. The fraction of sp³-hybridized carbons (Fsp3) is 0. The van der Waals surface area contributed by atoms with Gasteiger partial charge in [0.1, 0.15) is 11.6 Å². The zero-order chi connectivity index (χ0) is 33.1. The first-order valence-electron chi connectivity index (χ1n) is 16.4. The van der Waals surface area contributed by atoms with E-state index in [1.165, 1.54) is 40.3 Å². The summed E-state index contributed by atoms with van der Waals surface area (Å²) in [5.74, 6) is 0.